The molecule has 2 fully saturated rings. The molecule has 4 nitrogen and oxygen atoms in total. The van der Waals surface area contributed by atoms with E-state index >= 15 is 0 Å². The van der Waals surface area contributed by atoms with Crippen LogP contribution in [0.2, 0.25) is 10.0 Å². The summed E-state index contributed by atoms with van der Waals surface area (Å²) < 4.78 is 11.2. The van der Waals surface area contributed by atoms with E-state index < -0.39 is 0 Å². The van der Waals surface area contributed by atoms with E-state index in [-0.39, 0.29) is 11.9 Å². The summed E-state index contributed by atoms with van der Waals surface area (Å²) >= 11 is 12.5. The van der Waals surface area contributed by atoms with E-state index in [1.807, 2.05) is 31.2 Å². The van der Waals surface area contributed by atoms with Crippen molar-refractivity contribution in [3.05, 3.63) is 63.1 Å². The van der Waals surface area contributed by atoms with Crippen LogP contribution in [0.25, 0.3) is 0 Å². The molecule has 1 heterocycles. The molecule has 0 N–H and O–H groups in total. The number of rotatable bonds is 6. The van der Waals surface area contributed by atoms with Crippen molar-refractivity contribution in [2.24, 2.45) is 17.8 Å². The second-order valence-electron chi connectivity index (χ2n) is 8.46. The van der Waals surface area contributed by atoms with Crippen molar-refractivity contribution in [2.45, 2.75) is 32.4 Å². The van der Waals surface area contributed by atoms with Crippen molar-refractivity contribution in [3.63, 3.8) is 0 Å². The largest absolute Gasteiger partial charge is 0.489 e. The Hall–Kier alpha value is -1.75. The molecule has 0 bridgehead atoms. The second kappa shape index (κ2) is 8.07. The minimum Gasteiger partial charge on any atom is -0.489 e. The summed E-state index contributed by atoms with van der Waals surface area (Å²) in [6.07, 6.45) is 2.18. The van der Waals surface area contributed by atoms with Crippen molar-refractivity contribution in [1.29, 1.82) is 0 Å². The lowest BCUT2D eigenvalue weighted by Crippen LogP contribution is -2.30. The highest BCUT2D eigenvalue weighted by molar-refractivity contribution is 6.35. The SMILES string of the molecule is CCOC(=O)[C@@H]1[C@@H]2CN(C3CCc4cc(OCc5c(Cl)cccc5Cl)ccc43)C[C@@H]21. The molecule has 1 saturated heterocycles. The second-order valence-corrected chi connectivity index (χ2v) is 9.28. The zero-order valence-corrected chi connectivity index (χ0v) is 18.5. The molecule has 0 radical (unpaired) electrons. The van der Waals surface area contributed by atoms with E-state index in [4.69, 9.17) is 32.7 Å². The van der Waals surface area contributed by atoms with Crippen LogP contribution >= 0.6 is 23.2 Å². The third-order valence-corrected chi connectivity index (χ3v) is 7.54. The van der Waals surface area contributed by atoms with Crippen LogP contribution in [-0.2, 0) is 22.6 Å². The van der Waals surface area contributed by atoms with E-state index in [0.29, 0.717) is 41.1 Å². The normalized spacial score (nSPS) is 26.9. The van der Waals surface area contributed by atoms with Crippen LogP contribution in [0.3, 0.4) is 0 Å². The molecule has 0 amide bonds. The number of ether oxygens (including phenoxy) is 2. The molecule has 1 aliphatic heterocycles. The van der Waals surface area contributed by atoms with Crippen molar-refractivity contribution in [2.75, 3.05) is 19.7 Å². The first kappa shape index (κ1) is 20.2. The molecule has 3 aliphatic rings. The number of aryl methyl sites for hydroxylation is 1. The Morgan fingerprint density at radius 1 is 1.13 bits per heavy atom. The third-order valence-electron chi connectivity index (χ3n) is 6.83. The van der Waals surface area contributed by atoms with Gasteiger partial charge in [0.25, 0.3) is 0 Å². The topological polar surface area (TPSA) is 38.8 Å². The zero-order chi connectivity index (χ0) is 20.8. The van der Waals surface area contributed by atoms with E-state index in [2.05, 4.69) is 17.0 Å². The molecule has 5 rings (SSSR count). The zero-order valence-electron chi connectivity index (χ0n) is 16.9. The van der Waals surface area contributed by atoms with Gasteiger partial charge in [0, 0.05) is 34.7 Å². The molecule has 0 aromatic heterocycles. The molecule has 1 unspecified atom stereocenters. The first-order chi connectivity index (χ1) is 14.6. The lowest BCUT2D eigenvalue weighted by atomic mass is 10.1. The Balaban J connectivity index is 1.22. The standard InChI is InChI=1S/C24H25Cl2NO3/c1-2-29-24(28)23-17-11-27(12-18(17)23)22-9-6-14-10-15(7-8-16(14)22)30-13-19-20(25)4-3-5-21(19)26/h3-5,7-8,10,17-18,22-23H,2,6,9,11-13H2,1H3/t17-,18+,22?,23-. The summed E-state index contributed by atoms with van der Waals surface area (Å²) in [5.74, 6) is 1.94. The Morgan fingerprint density at radius 2 is 1.87 bits per heavy atom. The van der Waals surface area contributed by atoms with Crippen LogP contribution in [0.15, 0.2) is 36.4 Å². The summed E-state index contributed by atoms with van der Waals surface area (Å²) in [5, 5.41) is 1.25. The van der Waals surface area contributed by atoms with E-state index in [9.17, 15) is 4.79 Å². The number of esters is 1. The van der Waals surface area contributed by atoms with Crippen molar-refractivity contribution < 1.29 is 14.3 Å². The van der Waals surface area contributed by atoms with Gasteiger partial charge in [-0.05, 0) is 67.0 Å². The van der Waals surface area contributed by atoms with Gasteiger partial charge in [0.15, 0.2) is 0 Å². The Kier molecular flexibility index (Phi) is 5.42. The number of nitrogens with zero attached hydrogens (tertiary/aromatic N) is 1. The maximum absolute atomic E-state index is 12.0. The van der Waals surface area contributed by atoms with Crippen molar-refractivity contribution in [3.8, 4) is 5.75 Å². The van der Waals surface area contributed by atoms with E-state index in [1.54, 1.807) is 0 Å². The smallest absolute Gasteiger partial charge is 0.309 e. The van der Waals surface area contributed by atoms with Gasteiger partial charge in [-0.15, -0.1) is 0 Å². The van der Waals surface area contributed by atoms with Crippen molar-refractivity contribution >= 4 is 29.2 Å². The minimum atomic E-state index is -0.000569. The van der Waals surface area contributed by atoms with Crippen LogP contribution in [0.4, 0.5) is 0 Å². The molecule has 30 heavy (non-hydrogen) atoms. The van der Waals surface area contributed by atoms with Crippen LogP contribution in [-0.4, -0.2) is 30.6 Å². The maximum Gasteiger partial charge on any atom is 0.309 e. The Bertz CT molecular complexity index is 947. The highest BCUT2D eigenvalue weighted by Gasteiger charge is 2.61. The number of hydrogen-bond acceptors (Lipinski definition) is 4. The lowest BCUT2D eigenvalue weighted by Gasteiger charge is -2.27. The average molecular weight is 446 g/mol. The number of benzene rings is 2. The average Bonchev–Trinajstić information content (AvgIpc) is 3.05. The number of hydrogen-bond donors (Lipinski definition) is 0. The maximum atomic E-state index is 12.0. The molecule has 1 saturated carbocycles. The number of piperidine rings is 1. The monoisotopic (exact) mass is 445 g/mol. The molecule has 2 aliphatic carbocycles. The molecule has 2 aromatic rings. The first-order valence-corrected chi connectivity index (χ1v) is 11.4. The van der Waals surface area contributed by atoms with Crippen LogP contribution in [0.5, 0.6) is 5.75 Å². The lowest BCUT2D eigenvalue weighted by molar-refractivity contribution is -0.145. The van der Waals surface area contributed by atoms with Gasteiger partial charge in [0.05, 0.1) is 12.5 Å². The summed E-state index contributed by atoms with van der Waals surface area (Å²) in [6, 6.07) is 12.3. The quantitative estimate of drug-likeness (QED) is 0.565. The third kappa shape index (κ3) is 3.59. The Labute approximate surface area is 187 Å². The van der Waals surface area contributed by atoms with Crippen LogP contribution < -0.4 is 4.74 Å². The van der Waals surface area contributed by atoms with Gasteiger partial charge in [-0.3, -0.25) is 9.69 Å². The summed E-state index contributed by atoms with van der Waals surface area (Å²) in [6.45, 7) is 4.70. The fourth-order valence-corrected chi connectivity index (χ4v) is 5.77. The predicted octanol–water partition coefficient (Wildman–Crippen LogP) is 5.30. The first-order valence-electron chi connectivity index (χ1n) is 10.7. The molecular formula is C24H25Cl2NO3. The van der Waals surface area contributed by atoms with Crippen LogP contribution in [0.1, 0.15) is 36.1 Å². The highest BCUT2D eigenvalue weighted by Crippen LogP contribution is 2.55. The fourth-order valence-electron chi connectivity index (χ4n) is 5.27. The van der Waals surface area contributed by atoms with Gasteiger partial charge in [0.2, 0.25) is 0 Å². The van der Waals surface area contributed by atoms with E-state index in [1.165, 1.54) is 11.1 Å². The van der Waals surface area contributed by atoms with Gasteiger partial charge < -0.3 is 9.47 Å². The molecule has 2 aromatic carbocycles. The highest BCUT2D eigenvalue weighted by atomic mass is 35.5. The van der Waals surface area contributed by atoms with Gasteiger partial charge in [-0.2, -0.15) is 0 Å². The van der Waals surface area contributed by atoms with Gasteiger partial charge in [-0.25, -0.2) is 0 Å². The van der Waals surface area contributed by atoms with Crippen molar-refractivity contribution in [1.82, 2.24) is 4.90 Å². The number of likely N-dealkylation sites (tertiary alicyclic amines) is 1. The minimum absolute atomic E-state index is 0.000569. The number of fused-ring (bicyclic) bond motifs is 2. The van der Waals surface area contributed by atoms with Gasteiger partial charge in [-0.1, -0.05) is 35.3 Å². The molecule has 4 atom stereocenters. The number of carbonyl (C=O) groups excluding carboxylic acids is 1. The molecular weight excluding hydrogens is 421 g/mol. The van der Waals surface area contributed by atoms with Gasteiger partial charge >= 0.3 is 5.97 Å². The van der Waals surface area contributed by atoms with Crippen LogP contribution in [0, 0.1) is 17.8 Å². The molecule has 6 heteroatoms. The fraction of sp³-hybridized carbons (Fsp3) is 0.458. The number of halogens is 2. The molecule has 158 valence electrons. The van der Waals surface area contributed by atoms with E-state index in [0.717, 1.165) is 37.2 Å². The summed E-state index contributed by atoms with van der Waals surface area (Å²) in [7, 11) is 0. The summed E-state index contributed by atoms with van der Waals surface area (Å²) in [4.78, 5) is 14.6. The Morgan fingerprint density at radius 3 is 2.57 bits per heavy atom. The predicted molar refractivity (Wildman–Crippen MR) is 117 cm³/mol. The number of carbonyl (C=O) groups is 1. The molecule has 0 spiro atoms. The summed E-state index contributed by atoms with van der Waals surface area (Å²) in [5.41, 5.74) is 3.56. The van der Waals surface area contributed by atoms with Gasteiger partial charge in [0.1, 0.15) is 12.4 Å².